The van der Waals surface area contributed by atoms with Gasteiger partial charge in [0.05, 0.1) is 13.0 Å². The summed E-state index contributed by atoms with van der Waals surface area (Å²) in [7, 11) is 2.86. The molecule has 1 N–H and O–H groups in total. The Morgan fingerprint density at radius 1 is 1.31 bits per heavy atom. The first kappa shape index (κ1) is 12.2. The molecule has 1 atom stereocenters. The van der Waals surface area contributed by atoms with Crippen LogP contribution < -0.4 is 5.32 Å². The van der Waals surface area contributed by atoms with E-state index in [9.17, 15) is 9.59 Å². The summed E-state index contributed by atoms with van der Waals surface area (Å²) in [6.07, 6.45) is 0.104. The van der Waals surface area contributed by atoms with Gasteiger partial charge in [0.15, 0.2) is 0 Å². The molecule has 1 aromatic carbocycles. The van der Waals surface area contributed by atoms with Gasteiger partial charge < -0.3 is 10.1 Å². The highest BCUT2D eigenvalue weighted by Gasteiger charge is 2.23. The molecule has 0 heterocycles. The van der Waals surface area contributed by atoms with Gasteiger partial charge in [0.1, 0.15) is 0 Å². The van der Waals surface area contributed by atoms with Crippen molar-refractivity contribution in [3.05, 3.63) is 35.9 Å². The number of rotatable bonds is 4. The minimum Gasteiger partial charge on any atom is -0.469 e. The fourth-order valence-electron chi connectivity index (χ4n) is 1.45. The fourth-order valence-corrected chi connectivity index (χ4v) is 1.45. The number of esters is 1. The zero-order valence-electron chi connectivity index (χ0n) is 9.40. The number of benzene rings is 1. The summed E-state index contributed by atoms with van der Waals surface area (Å²) in [6.45, 7) is 0. The summed E-state index contributed by atoms with van der Waals surface area (Å²) in [6, 6.07) is 9.14. The van der Waals surface area contributed by atoms with Crippen LogP contribution in [0.4, 0.5) is 0 Å². The van der Waals surface area contributed by atoms with Crippen molar-refractivity contribution < 1.29 is 14.3 Å². The summed E-state index contributed by atoms with van der Waals surface area (Å²) < 4.78 is 4.69. The molecule has 0 saturated heterocycles. The molecule has 0 radical (unpaired) electrons. The molecule has 0 aliphatic carbocycles. The first-order valence-electron chi connectivity index (χ1n) is 5.02. The largest absolute Gasteiger partial charge is 0.469 e. The van der Waals surface area contributed by atoms with Crippen LogP contribution in [0.2, 0.25) is 0 Å². The molecular formula is C12H15NO3. The predicted molar refractivity (Wildman–Crippen MR) is 59.9 cm³/mol. The number of carbonyl (C=O) groups excluding carboxylic acids is 2. The molecule has 1 aromatic rings. The number of hydrogen-bond donors (Lipinski definition) is 1. The maximum Gasteiger partial charge on any atom is 0.313 e. The smallest absolute Gasteiger partial charge is 0.313 e. The topological polar surface area (TPSA) is 55.4 Å². The molecule has 0 aromatic heterocycles. The minimum atomic E-state index is -0.536. The van der Waals surface area contributed by atoms with Crippen LogP contribution in [-0.4, -0.2) is 26.0 Å². The van der Waals surface area contributed by atoms with Gasteiger partial charge in [-0.1, -0.05) is 30.3 Å². The van der Waals surface area contributed by atoms with Gasteiger partial charge in [0.2, 0.25) is 5.91 Å². The van der Waals surface area contributed by atoms with Crippen molar-refractivity contribution in [1.82, 2.24) is 5.32 Å². The van der Waals surface area contributed by atoms with Gasteiger partial charge in [-0.2, -0.15) is 0 Å². The maximum atomic E-state index is 11.6. The van der Waals surface area contributed by atoms with Crippen molar-refractivity contribution in [3.8, 4) is 0 Å². The maximum absolute atomic E-state index is 11.6. The van der Waals surface area contributed by atoms with E-state index in [0.717, 1.165) is 5.56 Å². The average Bonchev–Trinajstić information content (AvgIpc) is 2.35. The molecule has 0 aliphatic heterocycles. The van der Waals surface area contributed by atoms with Crippen molar-refractivity contribution >= 4 is 11.9 Å². The fraction of sp³-hybridized carbons (Fsp3) is 0.333. The third-order valence-corrected chi connectivity index (χ3v) is 2.36. The number of ether oxygens (including phenoxy) is 1. The van der Waals surface area contributed by atoms with Crippen LogP contribution >= 0.6 is 0 Å². The Bertz CT molecular complexity index is 362. The second-order valence-corrected chi connectivity index (χ2v) is 3.36. The van der Waals surface area contributed by atoms with E-state index in [1.54, 1.807) is 7.05 Å². The molecule has 0 aliphatic rings. The summed E-state index contributed by atoms with van der Waals surface area (Å²) >= 11 is 0. The molecule has 1 unspecified atom stereocenters. The summed E-state index contributed by atoms with van der Waals surface area (Å²) in [5, 5.41) is 2.50. The normalized spacial score (nSPS) is 11.6. The zero-order chi connectivity index (χ0) is 12.0. The first-order chi connectivity index (χ1) is 7.69. The summed E-state index contributed by atoms with van der Waals surface area (Å²) in [5.41, 5.74) is 0.790. The molecule has 0 saturated carbocycles. The van der Waals surface area contributed by atoms with E-state index in [4.69, 9.17) is 4.74 Å². The van der Waals surface area contributed by atoms with Crippen molar-refractivity contribution in [2.45, 2.75) is 12.3 Å². The van der Waals surface area contributed by atoms with E-state index in [2.05, 4.69) is 5.32 Å². The number of amides is 1. The van der Waals surface area contributed by atoms with Gasteiger partial charge in [-0.3, -0.25) is 9.59 Å². The molecule has 0 bridgehead atoms. The zero-order valence-corrected chi connectivity index (χ0v) is 9.40. The van der Waals surface area contributed by atoms with Crippen LogP contribution in [0.25, 0.3) is 0 Å². The monoisotopic (exact) mass is 221 g/mol. The van der Waals surface area contributed by atoms with Crippen molar-refractivity contribution in [2.75, 3.05) is 14.2 Å². The Morgan fingerprint density at radius 2 is 1.94 bits per heavy atom. The van der Waals surface area contributed by atoms with Gasteiger partial charge in [0, 0.05) is 13.5 Å². The molecule has 0 fully saturated rings. The second-order valence-electron chi connectivity index (χ2n) is 3.36. The van der Waals surface area contributed by atoms with E-state index in [1.807, 2.05) is 30.3 Å². The molecular weight excluding hydrogens is 206 g/mol. The third kappa shape index (κ3) is 3.08. The van der Waals surface area contributed by atoms with Gasteiger partial charge in [-0.15, -0.1) is 0 Å². The Morgan fingerprint density at radius 3 is 2.44 bits per heavy atom. The van der Waals surface area contributed by atoms with Crippen LogP contribution in [0.3, 0.4) is 0 Å². The molecule has 16 heavy (non-hydrogen) atoms. The molecule has 4 nitrogen and oxygen atoms in total. The highest BCUT2D eigenvalue weighted by Crippen LogP contribution is 2.20. The minimum absolute atomic E-state index is 0.104. The van der Waals surface area contributed by atoms with Crippen molar-refractivity contribution in [2.24, 2.45) is 0 Å². The lowest BCUT2D eigenvalue weighted by Gasteiger charge is -2.13. The quantitative estimate of drug-likeness (QED) is 0.774. The van der Waals surface area contributed by atoms with E-state index in [-0.39, 0.29) is 12.3 Å². The highest BCUT2D eigenvalue weighted by atomic mass is 16.5. The average molecular weight is 221 g/mol. The predicted octanol–water partition coefficient (Wildman–Crippen LogP) is 1.08. The third-order valence-electron chi connectivity index (χ3n) is 2.36. The Labute approximate surface area is 94.6 Å². The van der Waals surface area contributed by atoms with Crippen LogP contribution in [0, 0.1) is 0 Å². The Balaban J connectivity index is 2.88. The van der Waals surface area contributed by atoms with Crippen LogP contribution in [0.5, 0.6) is 0 Å². The van der Waals surface area contributed by atoms with E-state index in [0.29, 0.717) is 0 Å². The number of nitrogens with one attached hydrogen (secondary N) is 1. The van der Waals surface area contributed by atoms with Crippen molar-refractivity contribution in [3.63, 3.8) is 0 Å². The Kier molecular flexibility index (Phi) is 4.51. The van der Waals surface area contributed by atoms with Crippen LogP contribution in [0.1, 0.15) is 17.9 Å². The molecule has 1 rings (SSSR count). The molecule has 1 amide bonds. The van der Waals surface area contributed by atoms with Gasteiger partial charge >= 0.3 is 5.97 Å². The number of hydrogen-bond acceptors (Lipinski definition) is 3. The van der Waals surface area contributed by atoms with E-state index >= 15 is 0 Å². The highest BCUT2D eigenvalue weighted by molar-refractivity contribution is 5.86. The Hall–Kier alpha value is -1.84. The van der Waals surface area contributed by atoms with E-state index in [1.165, 1.54) is 7.11 Å². The lowest BCUT2D eigenvalue weighted by Crippen LogP contribution is -2.25. The number of methoxy groups -OCH3 is 1. The second kappa shape index (κ2) is 5.90. The number of carbonyl (C=O) groups is 2. The van der Waals surface area contributed by atoms with Gasteiger partial charge in [-0.25, -0.2) is 0 Å². The molecule has 4 heteroatoms. The standard InChI is InChI=1S/C12H15NO3/c1-13-11(14)8-10(12(15)16-2)9-6-4-3-5-7-9/h3-7,10H,8H2,1-2H3,(H,13,14). The van der Waals surface area contributed by atoms with E-state index < -0.39 is 11.9 Å². The lowest BCUT2D eigenvalue weighted by atomic mass is 9.95. The van der Waals surface area contributed by atoms with Crippen LogP contribution in [-0.2, 0) is 14.3 Å². The molecule has 0 spiro atoms. The lowest BCUT2D eigenvalue weighted by molar-refractivity contribution is -0.144. The van der Waals surface area contributed by atoms with Gasteiger partial charge in [-0.05, 0) is 5.56 Å². The SMILES string of the molecule is CNC(=O)CC(C(=O)OC)c1ccccc1. The summed E-state index contributed by atoms with van der Waals surface area (Å²) in [4.78, 5) is 22.9. The molecule has 86 valence electrons. The van der Waals surface area contributed by atoms with Crippen LogP contribution in [0.15, 0.2) is 30.3 Å². The first-order valence-corrected chi connectivity index (χ1v) is 5.02. The summed E-state index contributed by atoms with van der Waals surface area (Å²) in [5.74, 6) is -1.11. The van der Waals surface area contributed by atoms with Gasteiger partial charge in [0.25, 0.3) is 0 Å². The van der Waals surface area contributed by atoms with Crippen molar-refractivity contribution in [1.29, 1.82) is 0 Å².